The molecule has 0 radical (unpaired) electrons. The number of hydrogen-bond donors (Lipinski definition) is 2. The Bertz CT molecular complexity index is 97.7. The van der Waals surface area contributed by atoms with Crippen molar-refractivity contribution in [2.24, 2.45) is 5.73 Å². The van der Waals surface area contributed by atoms with Gasteiger partial charge in [-0.1, -0.05) is 25.1 Å². The quantitative estimate of drug-likeness (QED) is 0.278. The number of amidine groups is 1. The molecule has 0 fully saturated rings. The molecule has 3 nitrogen and oxygen atoms in total. The SMILES string of the molecule is CCCCOCSC(=N)N. The van der Waals surface area contributed by atoms with Crippen LogP contribution >= 0.6 is 11.8 Å². The number of thioether (sulfide) groups is 1. The Kier molecular flexibility index (Phi) is 6.74. The minimum absolute atomic E-state index is 0.122. The highest BCUT2D eigenvalue weighted by atomic mass is 32.2. The number of rotatable bonds is 5. The third-order valence-electron chi connectivity index (χ3n) is 0.940. The molecule has 0 amide bonds. The molecule has 0 heterocycles. The van der Waals surface area contributed by atoms with E-state index < -0.39 is 0 Å². The van der Waals surface area contributed by atoms with Gasteiger partial charge in [-0.25, -0.2) is 0 Å². The number of ether oxygens (including phenoxy) is 1. The molecule has 60 valence electrons. The summed E-state index contributed by atoms with van der Waals surface area (Å²) in [6, 6.07) is 0. The van der Waals surface area contributed by atoms with Crippen molar-refractivity contribution in [3.8, 4) is 0 Å². The van der Waals surface area contributed by atoms with Crippen LogP contribution in [-0.4, -0.2) is 17.7 Å². The molecule has 0 spiro atoms. The van der Waals surface area contributed by atoms with Gasteiger partial charge in [-0.2, -0.15) is 0 Å². The van der Waals surface area contributed by atoms with E-state index in [-0.39, 0.29) is 5.17 Å². The second-order valence-electron chi connectivity index (χ2n) is 1.89. The molecule has 0 atom stereocenters. The lowest BCUT2D eigenvalue weighted by atomic mass is 10.4. The number of hydrogen-bond acceptors (Lipinski definition) is 3. The number of nitrogens with two attached hydrogens (primary N) is 1. The second kappa shape index (κ2) is 6.89. The Morgan fingerprint density at radius 1 is 1.70 bits per heavy atom. The van der Waals surface area contributed by atoms with Crippen LogP contribution in [0, 0.1) is 5.41 Å². The maximum Gasteiger partial charge on any atom is 0.153 e. The molecular weight excluding hydrogens is 148 g/mol. The summed E-state index contributed by atoms with van der Waals surface area (Å²) in [5.41, 5.74) is 5.07. The lowest BCUT2D eigenvalue weighted by Gasteiger charge is -1.99. The lowest BCUT2D eigenvalue weighted by molar-refractivity contribution is 0.179. The fourth-order valence-corrected chi connectivity index (χ4v) is 0.739. The first-order chi connectivity index (χ1) is 4.77. The first-order valence-electron chi connectivity index (χ1n) is 3.32. The maximum absolute atomic E-state index is 6.84. The molecule has 0 aromatic rings. The Hall–Kier alpha value is -0.220. The smallest absolute Gasteiger partial charge is 0.153 e. The molecule has 10 heavy (non-hydrogen) atoms. The summed E-state index contributed by atoms with van der Waals surface area (Å²) in [6.45, 7) is 2.89. The van der Waals surface area contributed by atoms with Gasteiger partial charge < -0.3 is 10.5 Å². The lowest BCUT2D eigenvalue weighted by Crippen LogP contribution is -2.06. The van der Waals surface area contributed by atoms with Crippen molar-refractivity contribution in [3.05, 3.63) is 0 Å². The van der Waals surface area contributed by atoms with E-state index in [0.29, 0.717) is 5.94 Å². The highest BCUT2D eigenvalue weighted by Crippen LogP contribution is 1.98. The Balaban J connectivity index is 2.84. The summed E-state index contributed by atoms with van der Waals surface area (Å²) < 4.78 is 5.13. The van der Waals surface area contributed by atoms with Gasteiger partial charge in [-0.3, -0.25) is 5.41 Å². The highest BCUT2D eigenvalue weighted by molar-refractivity contribution is 8.13. The zero-order valence-electron chi connectivity index (χ0n) is 6.22. The van der Waals surface area contributed by atoms with Gasteiger partial charge in [0.25, 0.3) is 0 Å². The van der Waals surface area contributed by atoms with Gasteiger partial charge in [0.1, 0.15) is 0 Å². The standard InChI is InChI=1S/C6H14N2OS/c1-2-3-4-9-5-10-6(7)8/h2-5H2,1H3,(H3,7,8). The van der Waals surface area contributed by atoms with E-state index in [1.165, 1.54) is 11.8 Å². The van der Waals surface area contributed by atoms with Crippen LogP contribution in [0.15, 0.2) is 0 Å². The Morgan fingerprint density at radius 3 is 2.90 bits per heavy atom. The van der Waals surface area contributed by atoms with Crippen LogP contribution < -0.4 is 5.73 Å². The van der Waals surface area contributed by atoms with Crippen molar-refractivity contribution < 1.29 is 4.74 Å². The molecule has 3 N–H and O–H groups in total. The molecule has 0 aliphatic heterocycles. The van der Waals surface area contributed by atoms with Crippen LogP contribution in [0.1, 0.15) is 19.8 Å². The third kappa shape index (κ3) is 7.78. The monoisotopic (exact) mass is 162 g/mol. The zero-order chi connectivity index (χ0) is 7.82. The van der Waals surface area contributed by atoms with Crippen molar-refractivity contribution in [2.75, 3.05) is 12.5 Å². The molecule has 0 bridgehead atoms. The second-order valence-corrected chi connectivity index (χ2v) is 2.85. The predicted octanol–water partition coefficient (Wildman–Crippen LogP) is 1.39. The summed E-state index contributed by atoms with van der Waals surface area (Å²) >= 11 is 1.22. The topological polar surface area (TPSA) is 59.1 Å². The van der Waals surface area contributed by atoms with E-state index in [4.69, 9.17) is 15.9 Å². The van der Waals surface area contributed by atoms with Crippen LogP contribution in [0.3, 0.4) is 0 Å². The fraction of sp³-hybridized carbons (Fsp3) is 0.833. The summed E-state index contributed by atoms with van der Waals surface area (Å²) in [7, 11) is 0. The van der Waals surface area contributed by atoms with Gasteiger partial charge in [-0.05, 0) is 6.42 Å². The molecule has 0 aliphatic carbocycles. The summed E-state index contributed by atoms with van der Waals surface area (Å²) in [4.78, 5) is 0. The van der Waals surface area contributed by atoms with Crippen LogP contribution in [0.2, 0.25) is 0 Å². The number of nitrogens with one attached hydrogen (secondary N) is 1. The van der Waals surface area contributed by atoms with E-state index in [1.807, 2.05) is 0 Å². The van der Waals surface area contributed by atoms with E-state index in [1.54, 1.807) is 0 Å². The molecule has 0 unspecified atom stereocenters. The molecule has 0 aromatic heterocycles. The molecule has 0 aromatic carbocycles. The Labute approximate surface area is 65.8 Å². The van der Waals surface area contributed by atoms with Crippen molar-refractivity contribution in [1.29, 1.82) is 5.41 Å². The van der Waals surface area contributed by atoms with Gasteiger partial charge >= 0.3 is 0 Å². The van der Waals surface area contributed by atoms with E-state index >= 15 is 0 Å². The molecular formula is C6H14N2OS. The number of unbranched alkanes of at least 4 members (excludes halogenated alkanes) is 1. The van der Waals surface area contributed by atoms with Crippen molar-refractivity contribution >= 4 is 16.9 Å². The average molecular weight is 162 g/mol. The molecule has 0 saturated heterocycles. The first-order valence-corrected chi connectivity index (χ1v) is 4.30. The van der Waals surface area contributed by atoms with Gasteiger partial charge in [0, 0.05) is 6.61 Å². The van der Waals surface area contributed by atoms with Gasteiger partial charge in [0.05, 0.1) is 5.94 Å². The fourth-order valence-electron chi connectivity index (χ4n) is 0.410. The van der Waals surface area contributed by atoms with Crippen molar-refractivity contribution in [3.63, 3.8) is 0 Å². The van der Waals surface area contributed by atoms with Crippen LogP contribution in [0.25, 0.3) is 0 Å². The van der Waals surface area contributed by atoms with Gasteiger partial charge in [0.2, 0.25) is 0 Å². The van der Waals surface area contributed by atoms with E-state index in [9.17, 15) is 0 Å². The molecule has 4 heteroatoms. The predicted molar refractivity (Wildman–Crippen MR) is 45.2 cm³/mol. The van der Waals surface area contributed by atoms with Gasteiger partial charge in [-0.15, -0.1) is 0 Å². The molecule has 0 saturated carbocycles. The minimum atomic E-state index is 0.122. The van der Waals surface area contributed by atoms with Crippen LogP contribution in [-0.2, 0) is 4.74 Å². The summed E-state index contributed by atoms with van der Waals surface area (Å²) in [5.74, 6) is 0.509. The summed E-state index contributed by atoms with van der Waals surface area (Å²) in [5, 5.41) is 6.96. The zero-order valence-corrected chi connectivity index (χ0v) is 7.04. The normalized spacial score (nSPS) is 9.70. The third-order valence-corrected chi connectivity index (χ3v) is 1.54. The highest BCUT2D eigenvalue weighted by Gasteiger charge is 1.89. The van der Waals surface area contributed by atoms with Gasteiger partial charge in [0.15, 0.2) is 5.17 Å². The van der Waals surface area contributed by atoms with Crippen LogP contribution in [0.4, 0.5) is 0 Å². The largest absolute Gasteiger partial charge is 0.379 e. The van der Waals surface area contributed by atoms with E-state index in [0.717, 1.165) is 19.4 Å². The van der Waals surface area contributed by atoms with E-state index in [2.05, 4.69) is 6.92 Å². The minimum Gasteiger partial charge on any atom is -0.379 e. The molecule has 0 aliphatic rings. The Morgan fingerprint density at radius 2 is 2.40 bits per heavy atom. The molecule has 0 rings (SSSR count). The van der Waals surface area contributed by atoms with Crippen LogP contribution in [0.5, 0.6) is 0 Å². The van der Waals surface area contributed by atoms with Crippen molar-refractivity contribution in [2.45, 2.75) is 19.8 Å². The maximum atomic E-state index is 6.84. The average Bonchev–Trinajstić information content (AvgIpc) is 1.87. The first kappa shape index (κ1) is 9.78. The summed E-state index contributed by atoms with van der Waals surface area (Å²) in [6.07, 6.45) is 2.23. The van der Waals surface area contributed by atoms with Crippen molar-refractivity contribution in [1.82, 2.24) is 0 Å².